The molecule has 0 radical (unpaired) electrons. The summed E-state index contributed by atoms with van der Waals surface area (Å²) in [6.45, 7) is 0. The van der Waals surface area contributed by atoms with Crippen molar-refractivity contribution in [3.63, 3.8) is 0 Å². The number of halogens is 1. The zero-order valence-corrected chi connectivity index (χ0v) is 8.17. The Kier molecular flexibility index (Phi) is 3.48. The number of benzene rings is 1. The van der Waals surface area contributed by atoms with Gasteiger partial charge in [-0.15, -0.1) is 0 Å². The summed E-state index contributed by atoms with van der Waals surface area (Å²) in [6, 6.07) is 4.48. The van der Waals surface area contributed by atoms with Gasteiger partial charge in [-0.3, -0.25) is 4.79 Å². The third-order valence-corrected chi connectivity index (χ3v) is 1.92. The summed E-state index contributed by atoms with van der Waals surface area (Å²) < 4.78 is 4.50. The standard InChI is InChI=1S/C9H8ClNO3/c1-14-9(13)6-2-3-8(11-5-12)7(10)4-6/h2-5H,1H3,(H,11,12). The second-order valence-electron chi connectivity index (χ2n) is 2.45. The molecule has 0 aliphatic rings. The number of nitrogens with one attached hydrogen (secondary N) is 1. The normalized spacial score (nSPS) is 9.29. The summed E-state index contributed by atoms with van der Waals surface area (Å²) in [7, 11) is 1.29. The van der Waals surface area contributed by atoms with Crippen molar-refractivity contribution in [3.8, 4) is 0 Å². The van der Waals surface area contributed by atoms with E-state index in [0.717, 1.165) is 0 Å². The molecule has 0 saturated heterocycles. The van der Waals surface area contributed by atoms with E-state index in [1.165, 1.54) is 25.3 Å². The lowest BCUT2D eigenvalue weighted by Gasteiger charge is -2.04. The first-order chi connectivity index (χ1) is 6.69. The van der Waals surface area contributed by atoms with Crippen molar-refractivity contribution in [1.82, 2.24) is 0 Å². The Hall–Kier alpha value is -1.55. The molecule has 5 heteroatoms. The van der Waals surface area contributed by atoms with Crippen LogP contribution < -0.4 is 5.32 Å². The fourth-order valence-corrected chi connectivity index (χ4v) is 1.18. The largest absolute Gasteiger partial charge is 0.465 e. The van der Waals surface area contributed by atoms with Crippen LogP contribution in [0.4, 0.5) is 5.69 Å². The Morgan fingerprint density at radius 1 is 1.57 bits per heavy atom. The molecule has 14 heavy (non-hydrogen) atoms. The molecule has 0 atom stereocenters. The number of methoxy groups -OCH3 is 1. The van der Waals surface area contributed by atoms with Crippen molar-refractivity contribution in [2.24, 2.45) is 0 Å². The molecule has 74 valence electrons. The molecule has 1 rings (SSSR count). The van der Waals surface area contributed by atoms with E-state index in [1.54, 1.807) is 0 Å². The van der Waals surface area contributed by atoms with Gasteiger partial charge in [0.2, 0.25) is 6.41 Å². The molecule has 0 bridgehead atoms. The van der Waals surface area contributed by atoms with E-state index < -0.39 is 5.97 Å². The smallest absolute Gasteiger partial charge is 0.337 e. The van der Waals surface area contributed by atoms with Crippen molar-refractivity contribution in [2.75, 3.05) is 12.4 Å². The first kappa shape index (κ1) is 10.5. The van der Waals surface area contributed by atoms with Crippen LogP contribution in [0, 0.1) is 0 Å². The van der Waals surface area contributed by atoms with Gasteiger partial charge in [-0.2, -0.15) is 0 Å². The lowest BCUT2D eigenvalue weighted by atomic mass is 10.2. The van der Waals surface area contributed by atoms with Crippen molar-refractivity contribution in [1.29, 1.82) is 0 Å². The van der Waals surface area contributed by atoms with Crippen LogP contribution in [0.5, 0.6) is 0 Å². The van der Waals surface area contributed by atoms with Gasteiger partial charge in [-0.25, -0.2) is 4.79 Å². The predicted octanol–water partition coefficient (Wildman–Crippen LogP) is 1.69. The maximum atomic E-state index is 11.1. The maximum Gasteiger partial charge on any atom is 0.337 e. The average molecular weight is 214 g/mol. The molecule has 4 nitrogen and oxygen atoms in total. The van der Waals surface area contributed by atoms with Crippen molar-refractivity contribution < 1.29 is 14.3 Å². The van der Waals surface area contributed by atoms with Gasteiger partial charge in [0.1, 0.15) is 0 Å². The Balaban J connectivity index is 2.99. The molecule has 0 heterocycles. The number of amides is 1. The molecular weight excluding hydrogens is 206 g/mol. The summed E-state index contributed by atoms with van der Waals surface area (Å²) in [5.74, 6) is -0.468. The lowest BCUT2D eigenvalue weighted by molar-refractivity contribution is -0.105. The van der Waals surface area contributed by atoms with E-state index in [0.29, 0.717) is 22.7 Å². The van der Waals surface area contributed by atoms with Crippen LogP contribution in [0.2, 0.25) is 5.02 Å². The van der Waals surface area contributed by atoms with Gasteiger partial charge in [0, 0.05) is 0 Å². The molecular formula is C9H8ClNO3. The number of hydrogen-bond acceptors (Lipinski definition) is 3. The molecule has 1 aromatic carbocycles. The molecule has 0 saturated carbocycles. The monoisotopic (exact) mass is 213 g/mol. The molecule has 0 unspecified atom stereocenters. The second kappa shape index (κ2) is 4.62. The van der Waals surface area contributed by atoms with Crippen LogP contribution >= 0.6 is 11.6 Å². The van der Waals surface area contributed by atoms with Crippen LogP contribution in [0.25, 0.3) is 0 Å². The summed E-state index contributed by atoms with van der Waals surface area (Å²) >= 11 is 5.78. The van der Waals surface area contributed by atoms with Gasteiger partial charge in [-0.1, -0.05) is 11.6 Å². The van der Waals surface area contributed by atoms with Gasteiger partial charge in [-0.05, 0) is 18.2 Å². The van der Waals surface area contributed by atoms with E-state index >= 15 is 0 Å². The topological polar surface area (TPSA) is 55.4 Å². The highest BCUT2D eigenvalue weighted by molar-refractivity contribution is 6.33. The van der Waals surface area contributed by atoms with Crippen LogP contribution in [0.3, 0.4) is 0 Å². The van der Waals surface area contributed by atoms with Gasteiger partial charge < -0.3 is 10.1 Å². The lowest BCUT2D eigenvalue weighted by Crippen LogP contribution is -2.02. The minimum Gasteiger partial charge on any atom is -0.465 e. The highest BCUT2D eigenvalue weighted by Gasteiger charge is 2.07. The Morgan fingerprint density at radius 3 is 2.79 bits per heavy atom. The number of anilines is 1. The van der Waals surface area contributed by atoms with Gasteiger partial charge in [0.25, 0.3) is 0 Å². The summed E-state index contributed by atoms with van der Waals surface area (Å²) in [5, 5.41) is 2.69. The zero-order valence-electron chi connectivity index (χ0n) is 7.41. The van der Waals surface area contributed by atoms with Gasteiger partial charge in [0.15, 0.2) is 0 Å². The molecule has 1 N–H and O–H groups in total. The predicted molar refractivity (Wildman–Crippen MR) is 52.5 cm³/mol. The van der Waals surface area contributed by atoms with E-state index in [4.69, 9.17) is 11.6 Å². The molecule has 0 aliphatic carbocycles. The number of ether oxygens (including phenoxy) is 1. The number of carbonyl (C=O) groups excluding carboxylic acids is 2. The third kappa shape index (κ3) is 2.23. The van der Waals surface area contributed by atoms with E-state index in [1.807, 2.05) is 0 Å². The summed E-state index contributed by atoms with van der Waals surface area (Å²) in [4.78, 5) is 21.2. The number of rotatable bonds is 3. The minimum absolute atomic E-state index is 0.292. The van der Waals surface area contributed by atoms with Gasteiger partial charge in [0.05, 0.1) is 23.4 Å². The SMILES string of the molecule is COC(=O)c1ccc(NC=O)c(Cl)c1. The first-order valence-electron chi connectivity index (χ1n) is 3.77. The minimum atomic E-state index is -0.468. The zero-order chi connectivity index (χ0) is 10.6. The fraction of sp³-hybridized carbons (Fsp3) is 0.111. The van der Waals surface area contributed by atoms with Crippen LogP contribution in [-0.2, 0) is 9.53 Å². The second-order valence-corrected chi connectivity index (χ2v) is 2.86. The van der Waals surface area contributed by atoms with E-state index in [-0.39, 0.29) is 0 Å². The van der Waals surface area contributed by atoms with Crippen LogP contribution in [0.1, 0.15) is 10.4 Å². The Bertz CT molecular complexity index is 365. The van der Waals surface area contributed by atoms with E-state index in [9.17, 15) is 9.59 Å². The number of esters is 1. The summed E-state index contributed by atoms with van der Waals surface area (Å²) in [5.41, 5.74) is 0.795. The average Bonchev–Trinajstić information content (AvgIpc) is 2.20. The molecule has 0 spiro atoms. The molecule has 1 amide bonds. The third-order valence-electron chi connectivity index (χ3n) is 1.60. The number of hydrogen-bond donors (Lipinski definition) is 1. The van der Waals surface area contributed by atoms with Crippen LogP contribution in [-0.4, -0.2) is 19.5 Å². The van der Waals surface area contributed by atoms with Crippen molar-refractivity contribution >= 4 is 29.7 Å². The highest BCUT2D eigenvalue weighted by atomic mass is 35.5. The maximum absolute atomic E-state index is 11.1. The van der Waals surface area contributed by atoms with Gasteiger partial charge >= 0.3 is 5.97 Å². The molecule has 0 aliphatic heterocycles. The van der Waals surface area contributed by atoms with Crippen LogP contribution in [0.15, 0.2) is 18.2 Å². The molecule has 1 aromatic rings. The Morgan fingerprint density at radius 2 is 2.29 bits per heavy atom. The number of carbonyl (C=O) groups is 2. The summed E-state index contributed by atoms with van der Waals surface area (Å²) in [6.07, 6.45) is 0.513. The molecule has 0 fully saturated rings. The van der Waals surface area contributed by atoms with Crippen molar-refractivity contribution in [2.45, 2.75) is 0 Å². The fourth-order valence-electron chi connectivity index (χ4n) is 0.940. The highest BCUT2D eigenvalue weighted by Crippen LogP contribution is 2.22. The molecule has 0 aromatic heterocycles. The van der Waals surface area contributed by atoms with E-state index in [2.05, 4.69) is 10.1 Å². The first-order valence-corrected chi connectivity index (χ1v) is 4.15. The quantitative estimate of drug-likeness (QED) is 0.614. The van der Waals surface area contributed by atoms with Crippen molar-refractivity contribution in [3.05, 3.63) is 28.8 Å². The Labute approximate surface area is 85.8 Å².